The molecule has 1 atom stereocenters. The summed E-state index contributed by atoms with van der Waals surface area (Å²) in [6.07, 6.45) is 3.34. The summed E-state index contributed by atoms with van der Waals surface area (Å²) in [4.78, 5) is 12.5. The smallest absolute Gasteiger partial charge is 0.255 e. The summed E-state index contributed by atoms with van der Waals surface area (Å²) in [5, 5.41) is 8.27. The molecule has 0 aliphatic rings. The van der Waals surface area contributed by atoms with E-state index in [2.05, 4.69) is 10.4 Å². The van der Waals surface area contributed by atoms with Crippen molar-refractivity contribution in [2.75, 3.05) is 0 Å². The van der Waals surface area contributed by atoms with Crippen LogP contribution in [0.2, 0.25) is 0 Å². The molecular weight excluding hydrogens is 326 g/mol. The zero-order chi connectivity index (χ0) is 17.9. The molecule has 0 aliphatic carbocycles. The average Bonchev–Trinajstić information content (AvgIpc) is 3.29. The fourth-order valence-electron chi connectivity index (χ4n) is 2.90. The molecule has 0 aliphatic heterocycles. The zero-order valence-corrected chi connectivity index (χ0v) is 14.4. The molecule has 0 radical (unpaired) electrons. The van der Waals surface area contributed by atoms with Gasteiger partial charge in [-0.1, -0.05) is 48.5 Å². The van der Waals surface area contributed by atoms with Gasteiger partial charge in [-0.15, -0.1) is 0 Å². The Bertz CT molecular complexity index is 1000. The predicted octanol–water partition coefficient (Wildman–Crippen LogP) is 4.17. The SMILES string of the molecule is CC(NC(=O)c1cnn(Cc2ccccc2)c1)c1cc2ccccc2o1. The Kier molecular flexibility index (Phi) is 4.27. The van der Waals surface area contributed by atoms with Crippen LogP contribution in [0, 0.1) is 0 Å². The Morgan fingerprint density at radius 1 is 1.15 bits per heavy atom. The fraction of sp³-hybridized carbons (Fsp3) is 0.143. The van der Waals surface area contributed by atoms with E-state index in [9.17, 15) is 4.79 Å². The third kappa shape index (κ3) is 3.37. The van der Waals surface area contributed by atoms with E-state index in [-0.39, 0.29) is 11.9 Å². The molecule has 0 spiro atoms. The Hall–Kier alpha value is -3.34. The van der Waals surface area contributed by atoms with Crippen LogP contribution in [0.25, 0.3) is 11.0 Å². The molecule has 26 heavy (non-hydrogen) atoms. The van der Waals surface area contributed by atoms with Crippen LogP contribution in [0.15, 0.2) is 77.5 Å². The molecule has 2 aromatic carbocycles. The van der Waals surface area contributed by atoms with Gasteiger partial charge in [0, 0.05) is 11.6 Å². The number of hydrogen-bond donors (Lipinski definition) is 1. The van der Waals surface area contributed by atoms with Crippen molar-refractivity contribution in [2.24, 2.45) is 0 Å². The van der Waals surface area contributed by atoms with Crippen LogP contribution < -0.4 is 5.32 Å². The molecule has 1 N–H and O–H groups in total. The van der Waals surface area contributed by atoms with Crippen LogP contribution in [0.3, 0.4) is 0 Å². The van der Waals surface area contributed by atoms with E-state index in [0.717, 1.165) is 22.3 Å². The number of hydrogen-bond acceptors (Lipinski definition) is 3. The minimum Gasteiger partial charge on any atom is -0.459 e. The quantitative estimate of drug-likeness (QED) is 0.590. The van der Waals surface area contributed by atoms with Crippen LogP contribution >= 0.6 is 0 Å². The van der Waals surface area contributed by atoms with Crippen LogP contribution in [-0.4, -0.2) is 15.7 Å². The van der Waals surface area contributed by atoms with Crippen molar-refractivity contribution in [3.63, 3.8) is 0 Å². The first-order chi connectivity index (χ1) is 12.7. The minimum absolute atomic E-state index is 0.169. The summed E-state index contributed by atoms with van der Waals surface area (Å²) in [7, 11) is 0. The number of furan rings is 1. The number of amides is 1. The third-order valence-corrected chi connectivity index (χ3v) is 4.30. The number of carbonyl (C=O) groups excluding carboxylic acids is 1. The molecule has 5 heteroatoms. The summed E-state index contributed by atoms with van der Waals surface area (Å²) >= 11 is 0. The van der Waals surface area contributed by atoms with Crippen LogP contribution in [0.5, 0.6) is 0 Å². The highest BCUT2D eigenvalue weighted by Gasteiger charge is 2.16. The highest BCUT2D eigenvalue weighted by molar-refractivity contribution is 5.94. The zero-order valence-electron chi connectivity index (χ0n) is 14.4. The van der Waals surface area contributed by atoms with Gasteiger partial charge in [0.25, 0.3) is 5.91 Å². The molecule has 1 amide bonds. The molecule has 130 valence electrons. The van der Waals surface area contributed by atoms with Gasteiger partial charge in [0.2, 0.25) is 0 Å². The van der Waals surface area contributed by atoms with Crippen molar-refractivity contribution >= 4 is 16.9 Å². The number of carbonyl (C=O) groups is 1. The van der Waals surface area contributed by atoms with E-state index >= 15 is 0 Å². The lowest BCUT2D eigenvalue weighted by atomic mass is 10.2. The van der Waals surface area contributed by atoms with Crippen molar-refractivity contribution in [1.29, 1.82) is 0 Å². The first-order valence-electron chi connectivity index (χ1n) is 8.55. The van der Waals surface area contributed by atoms with Gasteiger partial charge >= 0.3 is 0 Å². The van der Waals surface area contributed by atoms with Crippen LogP contribution in [0.1, 0.15) is 34.6 Å². The standard InChI is InChI=1S/C21H19N3O2/c1-15(20-11-17-9-5-6-10-19(17)26-20)23-21(25)18-12-22-24(14-18)13-16-7-3-2-4-8-16/h2-12,14-15H,13H2,1H3,(H,23,25). The number of nitrogens with one attached hydrogen (secondary N) is 1. The predicted molar refractivity (Wildman–Crippen MR) is 99.9 cm³/mol. The van der Waals surface area contributed by atoms with E-state index in [4.69, 9.17) is 4.42 Å². The van der Waals surface area contributed by atoms with E-state index in [0.29, 0.717) is 12.1 Å². The van der Waals surface area contributed by atoms with Gasteiger partial charge in [-0.3, -0.25) is 9.48 Å². The van der Waals surface area contributed by atoms with Crippen LogP contribution in [0.4, 0.5) is 0 Å². The van der Waals surface area contributed by atoms with Gasteiger partial charge < -0.3 is 9.73 Å². The molecule has 2 aromatic heterocycles. The lowest BCUT2D eigenvalue weighted by Crippen LogP contribution is -2.26. The van der Waals surface area contributed by atoms with Gasteiger partial charge in [0.15, 0.2) is 0 Å². The maximum absolute atomic E-state index is 12.5. The second-order valence-electron chi connectivity index (χ2n) is 6.29. The minimum atomic E-state index is -0.229. The first-order valence-corrected chi connectivity index (χ1v) is 8.55. The molecule has 4 aromatic rings. The Labute approximate surface area is 151 Å². The average molecular weight is 345 g/mol. The molecule has 0 bridgehead atoms. The van der Waals surface area contributed by atoms with Gasteiger partial charge in [-0.25, -0.2) is 0 Å². The fourth-order valence-corrected chi connectivity index (χ4v) is 2.90. The maximum Gasteiger partial charge on any atom is 0.255 e. The van der Waals surface area contributed by atoms with E-state index < -0.39 is 0 Å². The van der Waals surface area contributed by atoms with E-state index in [1.54, 1.807) is 17.1 Å². The Morgan fingerprint density at radius 2 is 1.92 bits per heavy atom. The molecule has 1 unspecified atom stereocenters. The summed E-state index contributed by atoms with van der Waals surface area (Å²) in [5.74, 6) is 0.563. The molecule has 0 fully saturated rings. The van der Waals surface area contributed by atoms with Crippen molar-refractivity contribution in [2.45, 2.75) is 19.5 Å². The second kappa shape index (κ2) is 6.88. The number of benzene rings is 2. The number of nitrogens with zero attached hydrogens (tertiary/aromatic N) is 2. The molecule has 2 heterocycles. The Morgan fingerprint density at radius 3 is 2.73 bits per heavy atom. The maximum atomic E-state index is 12.5. The van der Waals surface area contributed by atoms with Crippen molar-refractivity contribution in [1.82, 2.24) is 15.1 Å². The first kappa shape index (κ1) is 16.1. The number of aromatic nitrogens is 2. The molecule has 0 saturated heterocycles. The molecule has 5 nitrogen and oxygen atoms in total. The summed E-state index contributed by atoms with van der Waals surface area (Å²) in [5.41, 5.74) is 2.49. The number of para-hydroxylation sites is 1. The van der Waals surface area contributed by atoms with Gasteiger partial charge in [0.05, 0.1) is 24.3 Å². The van der Waals surface area contributed by atoms with Crippen molar-refractivity contribution < 1.29 is 9.21 Å². The molecule has 0 saturated carbocycles. The normalized spacial score (nSPS) is 12.2. The molecule has 4 rings (SSSR count). The largest absolute Gasteiger partial charge is 0.459 e. The van der Waals surface area contributed by atoms with Crippen molar-refractivity contribution in [3.05, 3.63) is 89.9 Å². The summed E-state index contributed by atoms with van der Waals surface area (Å²) in [6, 6.07) is 19.5. The van der Waals surface area contributed by atoms with E-state index in [1.807, 2.05) is 67.6 Å². The van der Waals surface area contributed by atoms with E-state index in [1.165, 1.54) is 0 Å². The lowest BCUT2D eigenvalue weighted by molar-refractivity contribution is 0.0935. The van der Waals surface area contributed by atoms with Crippen LogP contribution in [-0.2, 0) is 6.54 Å². The number of fused-ring (bicyclic) bond motifs is 1. The van der Waals surface area contributed by atoms with Gasteiger partial charge in [-0.05, 0) is 24.6 Å². The molecular formula is C21H19N3O2. The number of rotatable bonds is 5. The summed E-state index contributed by atoms with van der Waals surface area (Å²) < 4.78 is 7.58. The van der Waals surface area contributed by atoms with Gasteiger partial charge in [-0.2, -0.15) is 5.10 Å². The topological polar surface area (TPSA) is 60.1 Å². The highest BCUT2D eigenvalue weighted by Crippen LogP contribution is 2.23. The van der Waals surface area contributed by atoms with Gasteiger partial charge in [0.1, 0.15) is 11.3 Å². The Balaban J connectivity index is 1.44. The third-order valence-electron chi connectivity index (χ3n) is 4.30. The summed E-state index contributed by atoms with van der Waals surface area (Å²) in [6.45, 7) is 2.54. The monoisotopic (exact) mass is 345 g/mol. The lowest BCUT2D eigenvalue weighted by Gasteiger charge is -2.10. The highest BCUT2D eigenvalue weighted by atomic mass is 16.3. The second-order valence-corrected chi connectivity index (χ2v) is 6.29. The van der Waals surface area contributed by atoms with Crippen molar-refractivity contribution in [3.8, 4) is 0 Å².